The zero-order chi connectivity index (χ0) is 16.7. The average Bonchev–Trinajstić information content (AvgIpc) is 2.58. The molecule has 2 rings (SSSR count). The summed E-state index contributed by atoms with van der Waals surface area (Å²) >= 11 is 0. The Morgan fingerprint density at radius 1 is 1.04 bits per heavy atom. The van der Waals surface area contributed by atoms with Gasteiger partial charge < -0.3 is 20.9 Å². The first-order chi connectivity index (χ1) is 11.1. The molecular weight excluding hydrogens is 296 g/mol. The summed E-state index contributed by atoms with van der Waals surface area (Å²) in [6, 6.07) is 15.3. The van der Waals surface area contributed by atoms with E-state index in [-0.39, 0.29) is 24.3 Å². The minimum absolute atomic E-state index is 0.00123. The van der Waals surface area contributed by atoms with Crippen LogP contribution in [-0.4, -0.2) is 36.2 Å². The van der Waals surface area contributed by atoms with Crippen LogP contribution in [0.15, 0.2) is 54.6 Å². The summed E-state index contributed by atoms with van der Waals surface area (Å²) in [6.45, 7) is 0.0422. The molecule has 0 saturated carbocycles. The molecule has 0 aliphatic carbocycles. The topological polar surface area (TPSA) is 102 Å². The van der Waals surface area contributed by atoms with Gasteiger partial charge in [0.15, 0.2) is 0 Å². The standard InChI is InChI=1S/C17H18N2O4/c18-16(21)14-8-4-5-9-15(14)17(22)19-10-12(20)11-23-13-6-2-1-3-7-13/h1-9,12,20H,10-11H2,(H2,18,21)(H,19,22). The number of hydrogen-bond donors (Lipinski definition) is 3. The van der Waals surface area contributed by atoms with E-state index in [0.717, 1.165) is 0 Å². The summed E-state index contributed by atoms with van der Waals surface area (Å²) in [4.78, 5) is 23.4. The van der Waals surface area contributed by atoms with Crippen LogP contribution in [-0.2, 0) is 0 Å². The number of ether oxygens (including phenoxy) is 1. The van der Waals surface area contributed by atoms with Crippen LogP contribution >= 0.6 is 0 Å². The van der Waals surface area contributed by atoms with E-state index < -0.39 is 17.9 Å². The van der Waals surface area contributed by atoms with Crippen LogP contribution in [0.4, 0.5) is 0 Å². The number of hydrogen-bond acceptors (Lipinski definition) is 4. The molecule has 0 radical (unpaired) electrons. The molecule has 6 nitrogen and oxygen atoms in total. The fraction of sp³-hybridized carbons (Fsp3) is 0.176. The van der Waals surface area contributed by atoms with E-state index in [4.69, 9.17) is 10.5 Å². The third-order valence-corrected chi connectivity index (χ3v) is 3.12. The van der Waals surface area contributed by atoms with E-state index in [0.29, 0.717) is 5.75 Å². The fourth-order valence-electron chi connectivity index (χ4n) is 1.97. The highest BCUT2D eigenvalue weighted by Crippen LogP contribution is 2.09. The van der Waals surface area contributed by atoms with E-state index >= 15 is 0 Å². The lowest BCUT2D eigenvalue weighted by Gasteiger charge is -2.14. The first-order valence-electron chi connectivity index (χ1n) is 7.11. The third-order valence-electron chi connectivity index (χ3n) is 3.12. The Morgan fingerprint density at radius 2 is 1.65 bits per heavy atom. The predicted molar refractivity (Wildman–Crippen MR) is 85.2 cm³/mol. The SMILES string of the molecule is NC(=O)c1ccccc1C(=O)NCC(O)COc1ccccc1. The van der Waals surface area contributed by atoms with Gasteiger partial charge in [-0.2, -0.15) is 0 Å². The van der Waals surface area contributed by atoms with Gasteiger partial charge in [-0.1, -0.05) is 30.3 Å². The Morgan fingerprint density at radius 3 is 2.30 bits per heavy atom. The third kappa shape index (κ3) is 4.82. The van der Waals surface area contributed by atoms with Gasteiger partial charge in [0.1, 0.15) is 18.5 Å². The highest BCUT2D eigenvalue weighted by atomic mass is 16.5. The zero-order valence-corrected chi connectivity index (χ0v) is 12.4. The monoisotopic (exact) mass is 314 g/mol. The van der Waals surface area contributed by atoms with Crippen molar-refractivity contribution in [1.29, 1.82) is 0 Å². The minimum atomic E-state index is -0.875. The van der Waals surface area contributed by atoms with Gasteiger partial charge >= 0.3 is 0 Å². The van der Waals surface area contributed by atoms with Crippen molar-refractivity contribution < 1.29 is 19.4 Å². The van der Waals surface area contributed by atoms with Gasteiger partial charge in [-0.15, -0.1) is 0 Å². The summed E-state index contributed by atoms with van der Waals surface area (Å²) in [5, 5.41) is 12.4. The van der Waals surface area contributed by atoms with Crippen molar-refractivity contribution in [2.45, 2.75) is 6.10 Å². The molecule has 2 amide bonds. The maximum Gasteiger partial charge on any atom is 0.252 e. The summed E-state index contributed by atoms with van der Waals surface area (Å²) in [5.41, 5.74) is 5.55. The molecule has 4 N–H and O–H groups in total. The van der Waals surface area contributed by atoms with Gasteiger partial charge in [0, 0.05) is 6.54 Å². The van der Waals surface area contributed by atoms with E-state index in [2.05, 4.69) is 5.32 Å². The van der Waals surface area contributed by atoms with E-state index in [1.165, 1.54) is 12.1 Å². The Hall–Kier alpha value is -2.86. The van der Waals surface area contributed by atoms with Gasteiger partial charge in [0.25, 0.3) is 5.91 Å². The van der Waals surface area contributed by atoms with Crippen LogP contribution in [0.25, 0.3) is 0 Å². The molecule has 0 aromatic heterocycles. The minimum Gasteiger partial charge on any atom is -0.491 e. The number of aliphatic hydroxyl groups excluding tert-OH is 1. The smallest absolute Gasteiger partial charge is 0.252 e. The summed E-state index contributed by atoms with van der Waals surface area (Å²) < 4.78 is 5.39. The molecule has 2 aromatic rings. The lowest BCUT2D eigenvalue weighted by atomic mass is 10.1. The Labute approximate surface area is 133 Å². The van der Waals surface area contributed by atoms with Gasteiger partial charge in [0.2, 0.25) is 5.91 Å². The van der Waals surface area contributed by atoms with Crippen molar-refractivity contribution in [2.75, 3.05) is 13.2 Å². The number of amides is 2. The van der Waals surface area contributed by atoms with Crippen LogP contribution in [0.3, 0.4) is 0 Å². The number of primary amides is 1. The second-order valence-electron chi connectivity index (χ2n) is 4.90. The van der Waals surface area contributed by atoms with Crippen molar-refractivity contribution in [2.24, 2.45) is 5.73 Å². The molecule has 6 heteroatoms. The van der Waals surface area contributed by atoms with E-state index in [1.54, 1.807) is 24.3 Å². The molecule has 120 valence electrons. The van der Waals surface area contributed by atoms with Crippen molar-refractivity contribution in [1.82, 2.24) is 5.32 Å². The highest BCUT2D eigenvalue weighted by molar-refractivity contribution is 6.06. The first kappa shape index (κ1) is 16.5. The van der Waals surface area contributed by atoms with E-state index in [1.807, 2.05) is 18.2 Å². The van der Waals surface area contributed by atoms with Crippen LogP contribution in [0, 0.1) is 0 Å². The number of nitrogens with two attached hydrogens (primary N) is 1. The summed E-state index contributed by atoms with van der Waals surface area (Å²) in [5.74, 6) is -0.515. The van der Waals surface area contributed by atoms with Crippen molar-refractivity contribution in [3.63, 3.8) is 0 Å². The number of benzene rings is 2. The number of para-hydroxylation sites is 1. The zero-order valence-electron chi connectivity index (χ0n) is 12.4. The molecule has 0 bridgehead atoms. The second-order valence-corrected chi connectivity index (χ2v) is 4.90. The maximum absolute atomic E-state index is 12.1. The molecule has 0 saturated heterocycles. The van der Waals surface area contributed by atoms with Crippen molar-refractivity contribution in [3.05, 3.63) is 65.7 Å². The molecule has 23 heavy (non-hydrogen) atoms. The lowest BCUT2D eigenvalue weighted by molar-refractivity contribution is 0.0839. The van der Waals surface area contributed by atoms with Crippen molar-refractivity contribution >= 4 is 11.8 Å². The molecular formula is C17H18N2O4. The van der Waals surface area contributed by atoms with Crippen LogP contribution in [0.5, 0.6) is 5.75 Å². The molecule has 2 aromatic carbocycles. The molecule has 0 heterocycles. The second kappa shape index (κ2) is 7.95. The normalized spacial score (nSPS) is 11.5. The van der Waals surface area contributed by atoms with Crippen LogP contribution < -0.4 is 15.8 Å². The summed E-state index contributed by atoms with van der Waals surface area (Å²) in [7, 11) is 0. The number of rotatable bonds is 7. The van der Waals surface area contributed by atoms with E-state index in [9.17, 15) is 14.7 Å². The highest BCUT2D eigenvalue weighted by Gasteiger charge is 2.15. The first-order valence-corrected chi connectivity index (χ1v) is 7.11. The predicted octanol–water partition coefficient (Wildman–Crippen LogP) is 0.955. The number of carbonyl (C=O) groups is 2. The molecule has 0 aliphatic rings. The molecule has 0 spiro atoms. The maximum atomic E-state index is 12.1. The van der Waals surface area contributed by atoms with Crippen LogP contribution in [0.1, 0.15) is 20.7 Å². The number of nitrogens with one attached hydrogen (secondary N) is 1. The quantitative estimate of drug-likeness (QED) is 0.708. The Kier molecular flexibility index (Phi) is 5.71. The van der Waals surface area contributed by atoms with Gasteiger partial charge in [-0.05, 0) is 24.3 Å². The van der Waals surface area contributed by atoms with Crippen molar-refractivity contribution in [3.8, 4) is 5.75 Å². The van der Waals surface area contributed by atoms with Crippen LogP contribution in [0.2, 0.25) is 0 Å². The van der Waals surface area contributed by atoms with Gasteiger partial charge in [0.05, 0.1) is 11.1 Å². The Bertz CT molecular complexity index is 673. The largest absolute Gasteiger partial charge is 0.491 e. The molecule has 1 unspecified atom stereocenters. The lowest BCUT2D eigenvalue weighted by Crippen LogP contribution is -2.36. The number of carbonyl (C=O) groups excluding carboxylic acids is 2. The molecule has 0 aliphatic heterocycles. The average molecular weight is 314 g/mol. The Balaban J connectivity index is 1.85. The summed E-state index contributed by atoms with van der Waals surface area (Å²) in [6.07, 6.45) is -0.875. The van der Waals surface area contributed by atoms with Gasteiger partial charge in [-0.25, -0.2) is 0 Å². The number of aliphatic hydroxyl groups is 1. The van der Waals surface area contributed by atoms with Gasteiger partial charge in [-0.3, -0.25) is 9.59 Å². The fourth-order valence-corrected chi connectivity index (χ4v) is 1.97. The molecule has 0 fully saturated rings. The molecule has 1 atom stereocenters.